The highest BCUT2D eigenvalue weighted by Gasteiger charge is 2.41. The molecular formula is C19H14BrN3OS. The van der Waals surface area contributed by atoms with Gasteiger partial charge in [-0.1, -0.05) is 22.0 Å². The third-order valence-corrected chi connectivity index (χ3v) is 5.96. The van der Waals surface area contributed by atoms with Crippen LogP contribution in [0.4, 0.5) is 0 Å². The Morgan fingerprint density at radius 3 is 2.84 bits per heavy atom. The summed E-state index contributed by atoms with van der Waals surface area (Å²) in [7, 11) is 0. The second-order valence-corrected chi connectivity index (χ2v) is 7.92. The van der Waals surface area contributed by atoms with Gasteiger partial charge in [-0.25, -0.2) is 5.01 Å². The molecule has 5 rings (SSSR count). The second kappa shape index (κ2) is 5.97. The zero-order valence-electron chi connectivity index (χ0n) is 13.2. The van der Waals surface area contributed by atoms with E-state index in [0.29, 0.717) is 0 Å². The molecule has 0 unspecified atom stereocenters. The molecule has 0 aliphatic carbocycles. The Bertz CT molecular complexity index is 943. The van der Waals surface area contributed by atoms with Crippen LogP contribution in [-0.4, -0.2) is 15.7 Å². The Balaban J connectivity index is 1.62. The molecule has 0 radical (unpaired) electrons. The van der Waals surface area contributed by atoms with E-state index in [2.05, 4.69) is 49.5 Å². The average Bonchev–Trinajstić information content (AvgIpc) is 3.31. The van der Waals surface area contributed by atoms with E-state index in [0.717, 1.165) is 27.9 Å². The van der Waals surface area contributed by atoms with E-state index in [9.17, 15) is 0 Å². The van der Waals surface area contributed by atoms with Crippen molar-refractivity contribution in [2.24, 2.45) is 5.10 Å². The summed E-state index contributed by atoms with van der Waals surface area (Å²) in [6.07, 6.45) is 4.24. The first-order valence-electron chi connectivity index (χ1n) is 8.05. The van der Waals surface area contributed by atoms with E-state index in [1.807, 2.05) is 24.3 Å². The van der Waals surface area contributed by atoms with Gasteiger partial charge in [-0.2, -0.15) is 5.10 Å². The molecule has 0 fully saturated rings. The Hall–Kier alpha value is -2.18. The first-order chi connectivity index (χ1) is 12.3. The summed E-state index contributed by atoms with van der Waals surface area (Å²) in [5, 5.41) is 9.13. The second-order valence-electron chi connectivity index (χ2n) is 6.06. The molecule has 6 heteroatoms. The van der Waals surface area contributed by atoms with E-state index in [1.54, 1.807) is 23.7 Å². The van der Waals surface area contributed by atoms with Gasteiger partial charge in [0, 0.05) is 34.4 Å². The fourth-order valence-electron chi connectivity index (χ4n) is 3.40. The minimum Gasteiger partial charge on any atom is -0.464 e. The van der Waals surface area contributed by atoms with Crippen LogP contribution in [0.1, 0.15) is 34.7 Å². The van der Waals surface area contributed by atoms with E-state index in [4.69, 9.17) is 9.84 Å². The van der Waals surface area contributed by atoms with Crippen LogP contribution in [0.5, 0.6) is 5.75 Å². The number of aromatic nitrogens is 1. The van der Waals surface area contributed by atoms with Gasteiger partial charge in [-0.05, 0) is 41.8 Å². The summed E-state index contributed by atoms with van der Waals surface area (Å²) in [4.78, 5) is 5.34. The van der Waals surface area contributed by atoms with Crippen LogP contribution in [0.25, 0.3) is 0 Å². The third-order valence-electron chi connectivity index (χ3n) is 4.55. The summed E-state index contributed by atoms with van der Waals surface area (Å²) in [5.41, 5.74) is 3.36. The van der Waals surface area contributed by atoms with Gasteiger partial charge in [-0.3, -0.25) is 4.98 Å². The molecule has 2 aliphatic heterocycles. The molecule has 0 saturated carbocycles. The number of hydrogen-bond donors (Lipinski definition) is 0. The number of thiophene rings is 1. The number of pyridine rings is 1. The van der Waals surface area contributed by atoms with Crippen LogP contribution in [0, 0.1) is 0 Å². The monoisotopic (exact) mass is 411 g/mol. The fraction of sp³-hybridized carbons (Fsp3) is 0.158. The molecule has 4 heterocycles. The molecule has 3 aromatic rings. The van der Waals surface area contributed by atoms with Crippen molar-refractivity contribution in [3.8, 4) is 5.75 Å². The van der Waals surface area contributed by atoms with Crippen molar-refractivity contribution in [3.05, 3.63) is 80.7 Å². The van der Waals surface area contributed by atoms with E-state index < -0.39 is 0 Å². The van der Waals surface area contributed by atoms with Gasteiger partial charge in [0.2, 0.25) is 6.23 Å². The molecule has 2 aromatic heterocycles. The lowest BCUT2D eigenvalue weighted by Crippen LogP contribution is -2.33. The summed E-state index contributed by atoms with van der Waals surface area (Å²) in [5.74, 6) is 0.925. The Kier molecular flexibility index (Phi) is 3.60. The van der Waals surface area contributed by atoms with Gasteiger partial charge in [-0.15, -0.1) is 11.3 Å². The molecule has 1 aromatic carbocycles. The van der Waals surface area contributed by atoms with Crippen LogP contribution >= 0.6 is 27.3 Å². The molecule has 124 valence electrons. The zero-order valence-corrected chi connectivity index (χ0v) is 15.6. The van der Waals surface area contributed by atoms with Gasteiger partial charge < -0.3 is 4.74 Å². The van der Waals surface area contributed by atoms with Crippen LogP contribution in [0.3, 0.4) is 0 Å². The largest absolute Gasteiger partial charge is 0.464 e. The lowest BCUT2D eigenvalue weighted by atomic mass is 9.98. The SMILES string of the molecule is Brc1ccc2c(c1)[C@H]1CC(c3cccs3)=NN1[C@@H](c1ccncc1)O2. The molecule has 0 spiro atoms. The summed E-state index contributed by atoms with van der Waals surface area (Å²) in [6.45, 7) is 0. The number of fused-ring (bicyclic) bond motifs is 3. The van der Waals surface area contributed by atoms with Crippen molar-refractivity contribution < 1.29 is 4.74 Å². The minimum atomic E-state index is -0.237. The van der Waals surface area contributed by atoms with Crippen LogP contribution in [-0.2, 0) is 0 Å². The predicted molar refractivity (Wildman–Crippen MR) is 102 cm³/mol. The lowest BCUT2D eigenvalue weighted by molar-refractivity contribution is -0.0191. The summed E-state index contributed by atoms with van der Waals surface area (Å²) >= 11 is 5.31. The van der Waals surface area contributed by atoms with Crippen molar-refractivity contribution in [3.63, 3.8) is 0 Å². The van der Waals surface area contributed by atoms with E-state index in [1.165, 1.54) is 10.4 Å². The summed E-state index contributed by atoms with van der Waals surface area (Å²) in [6, 6.07) is 14.6. The van der Waals surface area contributed by atoms with Crippen molar-refractivity contribution in [1.29, 1.82) is 0 Å². The number of halogens is 1. The molecule has 25 heavy (non-hydrogen) atoms. The van der Waals surface area contributed by atoms with Crippen molar-refractivity contribution in [1.82, 2.24) is 9.99 Å². The van der Waals surface area contributed by atoms with Crippen molar-refractivity contribution in [2.45, 2.75) is 18.7 Å². The maximum atomic E-state index is 6.33. The van der Waals surface area contributed by atoms with Gasteiger partial charge in [0.25, 0.3) is 0 Å². The van der Waals surface area contributed by atoms with Crippen molar-refractivity contribution >= 4 is 33.0 Å². The van der Waals surface area contributed by atoms with Gasteiger partial charge in [0.15, 0.2) is 0 Å². The Labute approximate surface area is 157 Å². The molecule has 2 atom stereocenters. The molecule has 4 nitrogen and oxygen atoms in total. The van der Waals surface area contributed by atoms with E-state index >= 15 is 0 Å². The first-order valence-corrected chi connectivity index (χ1v) is 9.72. The number of hydrazone groups is 1. The van der Waals surface area contributed by atoms with Crippen LogP contribution in [0.15, 0.2) is 69.8 Å². The van der Waals surface area contributed by atoms with Gasteiger partial charge in [0.05, 0.1) is 16.6 Å². The smallest absolute Gasteiger partial charge is 0.213 e. The molecule has 0 bridgehead atoms. The zero-order chi connectivity index (χ0) is 16.8. The highest BCUT2D eigenvalue weighted by molar-refractivity contribution is 9.10. The molecule has 0 N–H and O–H groups in total. The van der Waals surface area contributed by atoms with Crippen molar-refractivity contribution in [2.75, 3.05) is 0 Å². The highest BCUT2D eigenvalue weighted by Crippen LogP contribution is 2.48. The molecule has 0 amide bonds. The average molecular weight is 412 g/mol. The molecule has 0 saturated heterocycles. The number of rotatable bonds is 2. The fourth-order valence-corrected chi connectivity index (χ4v) is 4.50. The van der Waals surface area contributed by atoms with E-state index in [-0.39, 0.29) is 12.3 Å². The number of nitrogens with zero attached hydrogens (tertiary/aromatic N) is 3. The Morgan fingerprint density at radius 1 is 1.16 bits per heavy atom. The molecular weight excluding hydrogens is 398 g/mol. The topological polar surface area (TPSA) is 37.7 Å². The standard InChI is InChI=1S/C19H14BrN3OS/c20-13-3-4-17-14(10-13)16-11-15(18-2-1-9-25-18)22-23(16)19(24-17)12-5-7-21-8-6-12/h1-10,16,19H,11H2/t16-,19-/m1/s1. The van der Waals surface area contributed by atoms with Gasteiger partial charge in [0.1, 0.15) is 5.75 Å². The van der Waals surface area contributed by atoms with Gasteiger partial charge >= 0.3 is 0 Å². The van der Waals surface area contributed by atoms with Crippen LogP contribution in [0.2, 0.25) is 0 Å². The summed E-state index contributed by atoms with van der Waals surface area (Å²) < 4.78 is 7.38. The van der Waals surface area contributed by atoms with Crippen LogP contribution < -0.4 is 4.74 Å². The Morgan fingerprint density at radius 2 is 2.04 bits per heavy atom. The third kappa shape index (κ3) is 2.56. The normalized spacial score (nSPS) is 21.3. The lowest BCUT2D eigenvalue weighted by Gasteiger charge is -2.38. The number of hydrogen-bond acceptors (Lipinski definition) is 5. The number of ether oxygens (including phenoxy) is 1. The minimum absolute atomic E-state index is 0.177. The maximum absolute atomic E-state index is 6.33. The predicted octanol–water partition coefficient (Wildman–Crippen LogP) is 5.15. The highest BCUT2D eigenvalue weighted by atomic mass is 79.9. The first kappa shape index (κ1) is 15.1. The maximum Gasteiger partial charge on any atom is 0.213 e. The number of benzene rings is 1. The quantitative estimate of drug-likeness (QED) is 0.585. The molecule has 2 aliphatic rings.